The largest absolute Gasteiger partial charge is 0.444 e. The Bertz CT molecular complexity index is 568. The fraction of sp³-hybridized carbons (Fsp3) is 0.842. The van der Waals surface area contributed by atoms with Crippen LogP contribution in [-0.4, -0.2) is 80.2 Å². The maximum atomic E-state index is 12.6. The van der Waals surface area contributed by atoms with Gasteiger partial charge in [0.1, 0.15) is 30.5 Å². The second-order valence-corrected chi connectivity index (χ2v) is 15.2. The minimum Gasteiger partial charge on any atom is -0.444 e. The maximum Gasteiger partial charge on any atom is 0.410 e. The molecule has 0 N–H and O–H groups in total. The van der Waals surface area contributed by atoms with E-state index in [4.69, 9.17) is 9.47 Å². The van der Waals surface area contributed by atoms with E-state index >= 15 is 0 Å². The van der Waals surface area contributed by atoms with Crippen molar-refractivity contribution in [3.8, 4) is 0 Å². The van der Waals surface area contributed by atoms with Gasteiger partial charge >= 0.3 is 6.09 Å². The molecule has 2 aliphatic rings. The van der Waals surface area contributed by atoms with Gasteiger partial charge in [0.15, 0.2) is 0 Å². The third-order valence-corrected chi connectivity index (χ3v) is 6.40. The molecule has 1 amide bonds. The van der Waals surface area contributed by atoms with E-state index in [9.17, 15) is 9.59 Å². The smallest absolute Gasteiger partial charge is 0.410 e. The molecular formula is C19H35N3O4Si. The molecule has 27 heavy (non-hydrogen) atoms. The van der Waals surface area contributed by atoms with Crippen molar-refractivity contribution in [2.24, 2.45) is 4.99 Å². The second-order valence-electron chi connectivity index (χ2n) is 9.55. The van der Waals surface area contributed by atoms with Crippen molar-refractivity contribution in [1.29, 1.82) is 0 Å². The van der Waals surface area contributed by atoms with Crippen molar-refractivity contribution in [2.75, 3.05) is 26.4 Å². The molecule has 0 aliphatic carbocycles. The van der Waals surface area contributed by atoms with Gasteiger partial charge < -0.3 is 19.2 Å². The van der Waals surface area contributed by atoms with Crippen LogP contribution < -0.4 is 0 Å². The third kappa shape index (κ3) is 6.31. The molecule has 1 saturated heterocycles. The number of likely N-dealkylation sites (tertiary alicyclic amines) is 1. The Morgan fingerprint density at radius 1 is 1.33 bits per heavy atom. The van der Waals surface area contributed by atoms with Crippen LogP contribution in [0.5, 0.6) is 0 Å². The lowest BCUT2D eigenvalue weighted by molar-refractivity contribution is -0.112. The van der Waals surface area contributed by atoms with Crippen LogP contribution in [-0.2, 0) is 14.3 Å². The quantitative estimate of drug-likeness (QED) is 0.375. The molecule has 0 aromatic carbocycles. The minimum absolute atomic E-state index is 0.148. The predicted octanol–water partition coefficient (Wildman–Crippen LogP) is 2.98. The van der Waals surface area contributed by atoms with E-state index in [1.165, 1.54) is 0 Å². The first kappa shape index (κ1) is 21.9. The number of hydrogen-bond donors (Lipinski definition) is 0. The first-order valence-corrected chi connectivity index (χ1v) is 13.6. The van der Waals surface area contributed by atoms with Crippen LogP contribution in [0.1, 0.15) is 33.6 Å². The lowest BCUT2D eigenvalue weighted by Gasteiger charge is -2.33. The summed E-state index contributed by atoms with van der Waals surface area (Å²) >= 11 is 0. The van der Waals surface area contributed by atoms with E-state index < -0.39 is 13.7 Å². The van der Waals surface area contributed by atoms with Gasteiger partial charge in [0.25, 0.3) is 0 Å². The van der Waals surface area contributed by atoms with Crippen molar-refractivity contribution in [3.63, 3.8) is 0 Å². The molecule has 1 fully saturated rings. The summed E-state index contributed by atoms with van der Waals surface area (Å²) < 4.78 is 11.4. The van der Waals surface area contributed by atoms with Gasteiger partial charge in [-0.2, -0.15) is 0 Å². The maximum absolute atomic E-state index is 12.6. The summed E-state index contributed by atoms with van der Waals surface area (Å²) in [6.07, 6.45) is 2.33. The van der Waals surface area contributed by atoms with Gasteiger partial charge in [0.2, 0.25) is 0 Å². The zero-order valence-electron chi connectivity index (χ0n) is 17.7. The monoisotopic (exact) mass is 397 g/mol. The Morgan fingerprint density at radius 2 is 2.04 bits per heavy atom. The van der Waals surface area contributed by atoms with Gasteiger partial charge in [-0.3, -0.25) is 9.89 Å². The molecule has 0 aromatic heterocycles. The van der Waals surface area contributed by atoms with Crippen LogP contribution in [0.25, 0.3) is 0 Å². The predicted molar refractivity (Wildman–Crippen MR) is 109 cm³/mol. The third-order valence-electron chi connectivity index (χ3n) is 4.70. The molecule has 0 aromatic rings. The van der Waals surface area contributed by atoms with Crippen LogP contribution in [0.4, 0.5) is 4.79 Å². The molecule has 7 nitrogen and oxygen atoms in total. The number of aldehydes is 1. The summed E-state index contributed by atoms with van der Waals surface area (Å²) in [6.45, 7) is 14.6. The van der Waals surface area contributed by atoms with E-state index in [1.54, 1.807) is 4.90 Å². The number of aliphatic imine (C=N–C) groups is 1. The van der Waals surface area contributed by atoms with Gasteiger partial charge in [0.05, 0.1) is 12.6 Å². The summed E-state index contributed by atoms with van der Waals surface area (Å²) in [4.78, 5) is 32.4. The molecule has 2 atom stereocenters. The number of amides is 1. The fourth-order valence-corrected chi connectivity index (χ4v) is 3.99. The molecule has 8 heteroatoms. The van der Waals surface area contributed by atoms with Crippen molar-refractivity contribution in [1.82, 2.24) is 9.80 Å². The van der Waals surface area contributed by atoms with Gasteiger partial charge in [-0.25, -0.2) is 4.79 Å². The van der Waals surface area contributed by atoms with E-state index in [-0.39, 0.29) is 18.2 Å². The highest BCUT2D eigenvalue weighted by Crippen LogP contribution is 2.26. The SMILES string of the molecule is CC(C)(C)OC(=O)N1CCC[C@H]1C1=NCC(C=O)N1COCC[Si](C)(C)C. The molecule has 2 heterocycles. The van der Waals surface area contributed by atoms with Crippen LogP contribution in [0.3, 0.4) is 0 Å². The Balaban J connectivity index is 2.03. The van der Waals surface area contributed by atoms with Gasteiger partial charge in [-0.15, -0.1) is 0 Å². The molecule has 154 valence electrons. The summed E-state index contributed by atoms with van der Waals surface area (Å²) in [6, 6.07) is 0.616. The highest BCUT2D eigenvalue weighted by molar-refractivity contribution is 6.76. The number of rotatable bonds is 7. The number of ether oxygens (including phenoxy) is 2. The zero-order valence-corrected chi connectivity index (χ0v) is 18.7. The highest BCUT2D eigenvalue weighted by atomic mass is 28.3. The summed E-state index contributed by atoms with van der Waals surface area (Å²) in [7, 11) is -1.16. The van der Waals surface area contributed by atoms with Crippen LogP contribution in [0.15, 0.2) is 4.99 Å². The van der Waals surface area contributed by atoms with E-state index in [2.05, 4.69) is 24.6 Å². The first-order chi connectivity index (χ1) is 12.5. The molecule has 2 aliphatic heterocycles. The summed E-state index contributed by atoms with van der Waals surface area (Å²) in [5.74, 6) is 0.781. The zero-order chi connectivity index (χ0) is 20.2. The molecule has 2 rings (SSSR count). The Hall–Kier alpha value is -1.41. The average molecular weight is 398 g/mol. The average Bonchev–Trinajstić information content (AvgIpc) is 3.15. The van der Waals surface area contributed by atoms with Crippen molar-refractivity contribution < 1.29 is 19.1 Å². The van der Waals surface area contributed by atoms with Crippen LogP contribution in [0.2, 0.25) is 25.7 Å². The second kappa shape index (κ2) is 8.73. The number of carbonyl (C=O) groups excluding carboxylic acids is 2. The number of amidine groups is 1. The molecule has 0 radical (unpaired) electrons. The Kier molecular flexibility index (Phi) is 7.07. The standard InChI is InChI=1S/C19H35N3O4Si/c1-19(2,3)26-18(24)21-9-7-8-16(21)17-20-12-15(13-23)22(17)14-25-10-11-27(4,5)6/h13,15-16H,7-12,14H2,1-6H3/t15?,16-/m0/s1. The molecular weight excluding hydrogens is 362 g/mol. The summed E-state index contributed by atoms with van der Waals surface area (Å²) in [5.41, 5.74) is -0.535. The van der Waals surface area contributed by atoms with Gasteiger partial charge in [0, 0.05) is 21.2 Å². The van der Waals surface area contributed by atoms with Crippen LogP contribution in [0, 0.1) is 0 Å². The number of hydrogen-bond acceptors (Lipinski definition) is 6. The summed E-state index contributed by atoms with van der Waals surface area (Å²) in [5, 5.41) is 0. The fourth-order valence-electron chi connectivity index (χ4n) is 3.24. The van der Waals surface area contributed by atoms with E-state index in [0.717, 1.165) is 31.0 Å². The highest BCUT2D eigenvalue weighted by Gasteiger charge is 2.41. The van der Waals surface area contributed by atoms with Gasteiger partial charge in [-0.1, -0.05) is 19.6 Å². The molecule has 1 unspecified atom stereocenters. The van der Waals surface area contributed by atoms with Gasteiger partial charge in [-0.05, 0) is 39.7 Å². The number of nitrogens with zero attached hydrogens (tertiary/aromatic N) is 3. The van der Waals surface area contributed by atoms with E-state index in [0.29, 0.717) is 26.4 Å². The van der Waals surface area contributed by atoms with Crippen molar-refractivity contribution in [3.05, 3.63) is 0 Å². The Morgan fingerprint density at radius 3 is 2.63 bits per heavy atom. The normalized spacial score (nSPS) is 23.6. The topological polar surface area (TPSA) is 71.4 Å². The molecule has 0 saturated carbocycles. The van der Waals surface area contributed by atoms with Crippen molar-refractivity contribution >= 4 is 26.3 Å². The van der Waals surface area contributed by atoms with E-state index in [1.807, 2.05) is 25.7 Å². The van der Waals surface area contributed by atoms with Crippen LogP contribution >= 0.6 is 0 Å². The number of carbonyl (C=O) groups is 2. The molecule has 0 bridgehead atoms. The lowest BCUT2D eigenvalue weighted by atomic mass is 10.2. The molecule has 0 spiro atoms. The first-order valence-electron chi connectivity index (χ1n) is 9.85. The van der Waals surface area contributed by atoms with Crippen molar-refractivity contribution in [2.45, 2.75) is 77.0 Å². The lowest BCUT2D eigenvalue weighted by Crippen LogP contribution is -2.50. The minimum atomic E-state index is -1.16. The Labute approximate surface area is 164 Å².